The second kappa shape index (κ2) is 11.5. The zero-order valence-electron chi connectivity index (χ0n) is 22.9. The zero-order chi connectivity index (χ0) is 28.3. The quantitative estimate of drug-likeness (QED) is 0.420. The van der Waals surface area contributed by atoms with Crippen molar-refractivity contribution in [3.63, 3.8) is 0 Å². The van der Waals surface area contributed by atoms with E-state index in [4.69, 9.17) is 14.5 Å². The number of amides is 1. The van der Waals surface area contributed by atoms with Gasteiger partial charge in [-0.05, 0) is 39.8 Å². The van der Waals surface area contributed by atoms with E-state index in [1.807, 2.05) is 32.2 Å². The van der Waals surface area contributed by atoms with Crippen LogP contribution in [0.4, 0.5) is 23.0 Å². The van der Waals surface area contributed by atoms with Gasteiger partial charge in [0.05, 0.1) is 41.6 Å². The van der Waals surface area contributed by atoms with Crippen LogP contribution in [0.2, 0.25) is 0 Å². The molecule has 1 aliphatic heterocycles. The number of aromatic nitrogens is 3. The smallest absolute Gasteiger partial charge is 0.222 e. The highest BCUT2D eigenvalue weighted by Crippen LogP contribution is 2.33. The Morgan fingerprint density at radius 3 is 2.38 bits per heavy atom. The van der Waals surface area contributed by atoms with Gasteiger partial charge in [-0.3, -0.25) is 9.78 Å². The van der Waals surface area contributed by atoms with Crippen molar-refractivity contribution in [3.8, 4) is 17.0 Å². The minimum Gasteiger partial charge on any atom is -0.491 e. The molecule has 2 atom stereocenters. The molecule has 3 aromatic heterocycles. The summed E-state index contributed by atoms with van der Waals surface area (Å²) in [6, 6.07) is 8.55. The number of nitrogens with one attached hydrogen (secondary N) is 2. The molecular weight excluding hydrogens is 520 g/mol. The summed E-state index contributed by atoms with van der Waals surface area (Å²) in [7, 11) is -3.61. The highest BCUT2D eigenvalue weighted by molar-refractivity contribution is 7.90. The summed E-state index contributed by atoms with van der Waals surface area (Å²) < 4.78 is 36.2. The largest absolute Gasteiger partial charge is 0.491 e. The monoisotopic (exact) mass is 554 g/mol. The predicted molar refractivity (Wildman–Crippen MR) is 150 cm³/mol. The van der Waals surface area contributed by atoms with Crippen LogP contribution in [-0.4, -0.2) is 66.9 Å². The Morgan fingerprint density at radius 2 is 1.79 bits per heavy atom. The molecule has 1 fully saturated rings. The first-order chi connectivity index (χ1) is 18.4. The number of hydrogen-bond acceptors (Lipinski definition) is 10. The molecule has 12 heteroatoms. The molecule has 0 aliphatic carbocycles. The number of nitrogens with zero attached hydrogens (tertiary/aromatic N) is 4. The van der Waals surface area contributed by atoms with Crippen LogP contribution >= 0.6 is 0 Å². The predicted octanol–water partition coefficient (Wildman–Crippen LogP) is 4.04. The first-order valence-electron chi connectivity index (χ1n) is 12.7. The lowest BCUT2D eigenvalue weighted by Crippen LogP contribution is -2.45. The number of carbonyl (C=O) groups excluding carboxylic acids is 1. The summed E-state index contributed by atoms with van der Waals surface area (Å²) in [6.45, 7) is 10.7. The van der Waals surface area contributed by atoms with Gasteiger partial charge in [-0.15, -0.1) is 0 Å². The average molecular weight is 555 g/mol. The standard InChI is InChI=1S/C27H34N6O5S/c1-16(2)37-21-9-26(32-27(10-21)39(6,35)36)31-24-11-25(30-19(5)34)29-13-22(24)23-8-7-20(12-28-23)33-14-17(3)38-18(4)15-33/h7-13,16-18H,14-15H2,1-6H3,(H2,29,30,31,32,34). The molecule has 3 aromatic rings. The maximum Gasteiger partial charge on any atom is 0.222 e. The van der Waals surface area contributed by atoms with Crippen molar-refractivity contribution in [3.05, 3.63) is 42.7 Å². The highest BCUT2D eigenvalue weighted by Gasteiger charge is 2.23. The van der Waals surface area contributed by atoms with Gasteiger partial charge in [0.25, 0.3) is 0 Å². The van der Waals surface area contributed by atoms with E-state index < -0.39 is 9.84 Å². The molecular formula is C27H34N6O5S. The van der Waals surface area contributed by atoms with E-state index in [9.17, 15) is 13.2 Å². The van der Waals surface area contributed by atoms with Crippen molar-refractivity contribution in [2.75, 3.05) is 34.9 Å². The summed E-state index contributed by atoms with van der Waals surface area (Å²) in [6.07, 6.45) is 4.56. The zero-order valence-corrected chi connectivity index (χ0v) is 23.7. The number of ether oxygens (including phenoxy) is 2. The minimum atomic E-state index is -3.61. The molecule has 4 rings (SSSR count). The molecule has 2 N–H and O–H groups in total. The molecule has 0 saturated carbocycles. The van der Waals surface area contributed by atoms with E-state index in [0.29, 0.717) is 28.5 Å². The Kier molecular flexibility index (Phi) is 8.36. The first-order valence-corrected chi connectivity index (χ1v) is 14.6. The van der Waals surface area contributed by atoms with Crippen LogP contribution in [0, 0.1) is 0 Å². The van der Waals surface area contributed by atoms with Crippen LogP contribution < -0.4 is 20.3 Å². The van der Waals surface area contributed by atoms with E-state index in [0.717, 1.165) is 25.0 Å². The lowest BCUT2D eigenvalue weighted by molar-refractivity contribution is -0.114. The summed E-state index contributed by atoms with van der Waals surface area (Å²) in [4.78, 5) is 27.3. The van der Waals surface area contributed by atoms with E-state index in [1.165, 1.54) is 13.0 Å². The van der Waals surface area contributed by atoms with Crippen LogP contribution in [0.15, 0.2) is 47.8 Å². The Bertz CT molecular complexity index is 1440. The molecule has 1 aliphatic rings. The number of sulfone groups is 1. The summed E-state index contributed by atoms with van der Waals surface area (Å²) in [5.41, 5.74) is 2.78. The van der Waals surface area contributed by atoms with Gasteiger partial charge < -0.3 is 25.0 Å². The van der Waals surface area contributed by atoms with Crippen molar-refractivity contribution in [2.24, 2.45) is 0 Å². The Balaban J connectivity index is 1.72. The van der Waals surface area contributed by atoms with Crippen LogP contribution in [-0.2, 0) is 19.4 Å². The lowest BCUT2D eigenvalue weighted by Gasteiger charge is -2.36. The average Bonchev–Trinajstić information content (AvgIpc) is 2.82. The van der Waals surface area contributed by atoms with Gasteiger partial charge in [-0.1, -0.05) is 0 Å². The van der Waals surface area contributed by atoms with Gasteiger partial charge in [-0.25, -0.2) is 18.4 Å². The van der Waals surface area contributed by atoms with E-state index in [-0.39, 0.29) is 35.1 Å². The van der Waals surface area contributed by atoms with E-state index in [1.54, 1.807) is 18.3 Å². The number of morpholine rings is 1. The molecule has 0 spiro atoms. The van der Waals surface area contributed by atoms with E-state index in [2.05, 4.69) is 39.3 Å². The number of carbonyl (C=O) groups is 1. The molecule has 4 heterocycles. The van der Waals surface area contributed by atoms with Crippen LogP contribution in [0.1, 0.15) is 34.6 Å². The van der Waals surface area contributed by atoms with Crippen molar-refractivity contribution in [1.29, 1.82) is 0 Å². The van der Waals surface area contributed by atoms with Gasteiger partial charge in [0.15, 0.2) is 14.9 Å². The van der Waals surface area contributed by atoms with Crippen LogP contribution in [0.25, 0.3) is 11.3 Å². The molecule has 39 heavy (non-hydrogen) atoms. The summed E-state index contributed by atoms with van der Waals surface area (Å²) in [5.74, 6) is 0.654. The van der Waals surface area contributed by atoms with Crippen molar-refractivity contribution >= 4 is 38.8 Å². The second-order valence-corrected chi connectivity index (χ2v) is 11.9. The third kappa shape index (κ3) is 7.42. The third-order valence-corrected chi connectivity index (χ3v) is 6.78. The lowest BCUT2D eigenvalue weighted by atomic mass is 10.1. The molecule has 0 radical (unpaired) electrons. The van der Waals surface area contributed by atoms with Crippen molar-refractivity contribution < 1.29 is 22.7 Å². The van der Waals surface area contributed by atoms with Gasteiger partial charge in [0.1, 0.15) is 17.4 Å². The number of pyridine rings is 3. The number of anilines is 4. The Morgan fingerprint density at radius 1 is 1.08 bits per heavy atom. The maximum atomic E-state index is 12.3. The molecule has 1 amide bonds. The molecule has 0 aromatic carbocycles. The van der Waals surface area contributed by atoms with Gasteiger partial charge >= 0.3 is 0 Å². The van der Waals surface area contributed by atoms with Crippen LogP contribution in [0.3, 0.4) is 0 Å². The normalized spacial score (nSPS) is 17.7. The Labute approximate surface area is 228 Å². The second-order valence-electron chi connectivity index (χ2n) is 9.95. The van der Waals surface area contributed by atoms with Gasteiger partial charge in [0.2, 0.25) is 5.91 Å². The number of hydrogen-bond donors (Lipinski definition) is 2. The highest BCUT2D eigenvalue weighted by atomic mass is 32.2. The van der Waals surface area contributed by atoms with Crippen LogP contribution in [0.5, 0.6) is 5.75 Å². The molecule has 208 valence electrons. The van der Waals surface area contributed by atoms with Gasteiger partial charge in [-0.2, -0.15) is 0 Å². The molecule has 1 saturated heterocycles. The number of rotatable bonds is 8. The molecule has 0 bridgehead atoms. The summed E-state index contributed by atoms with van der Waals surface area (Å²) >= 11 is 0. The maximum absolute atomic E-state index is 12.3. The molecule has 11 nitrogen and oxygen atoms in total. The SMILES string of the molecule is CC(=O)Nc1cc(Nc2cc(OC(C)C)cc(S(C)(=O)=O)n2)c(-c2ccc(N3CC(C)OC(C)C3)cn2)cn1. The van der Waals surface area contributed by atoms with Crippen molar-refractivity contribution in [2.45, 2.75) is 58.0 Å². The van der Waals surface area contributed by atoms with Crippen molar-refractivity contribution in [1.82, 2.24) is 15.0 Å². The minimum absolute atomic E-state index is 0.120. The topological polar surface area (TPSA) is 136 Å². The first kappa shape index (κ1) is 28.2. The third-order valence-electron chi connectivity index (χ3n) is 5.81. The fourth-order valence-corrected chi connectivity index (χ4v) is 4.94. The van der Waals surface area contributed by atoms with Gasteiger partial charge in [0, 0.05) is 56.2 Å². The van der Waals surface area contributed by atoms with E-state index >= 15 is 0 Å². The molecule has 2 unspecified atom stereocenters. The Hall–Kier alpha value is -3.77. The fourth-order valence-electron chi connectivity index (χ4n) is 4.35. The summed E-state index contributed by atoms with van der Waals surface area (Å²) in [5, 5.41) is 5.73. The fraction of sp³-hybridized carbons (Fsp3) is 0.407.